The number of aromatic nitrogens is 3. The number of piperazine rings is 1. The zero-order chi connectivity index (χ0) is 22.2. The summed E-state index contributed by atoms with van der Waals surface area (Å²) in [5, 5.41) is 1.84. The number of carbonyl (C=O) groups is 1. The maximum atomic E-state index is 13.4. The van der Waals surface area contributed by atoms with Gasteiger partial charge in [-0.2, -0.15) is 0 Å². The van der Waals surface area contributed by atoms with Crippen LogP contribution in [0.2, 0.25) is 5.02 Å². The molecule has 2 aromatic heterocycles. The van der Waals surface area contributed by atoms with Gasteiger partial charge in [0.25, 0.3) is 0 Å². The van der Waals surface area contributed by atoms with Crippen LogP contribution in [0, 0.1) is 11.6 Å². The molecule has 0 spiro atoms. The van der Waals surface area contributed by atoms with E-state index in [-0.39, 0.29) is 5.91 Å². The Balaban J connectivity index is 1.15. The van der Waals surface area contributed by atoms with E-state index in [9.17, 15) is 13.6 Å². The molecule has 0 bridgehead atoms. The minimum absolute atomic E-state index is 0.0568. The standard InChI is InChI=1S/C23H22ClF2N5O/c24-15-1-2-19-16(9-15)14(12-27-19)13-30-5-7-31(8-6-30)23(32)4-3-22-28-20-10-17(25)18(26)11-21(20)29-22/h1-2,9-12,27H,3-8,13H2,(H,28,29). The number of rotatable bonds is 5. The van der Waals surface area contributed by atoms with Crippen LogP contribution in [0.3, 0.4) is 0 Å². The molecule has 2 aromatic carbocycles. The number of imidazole rings is 1. The Hall–Kier alpha value is -2.97. The van der Waals surface area contributed by atoms with E-state index in [4.69, 9.17) is 11.6 Å². The van der Waals surface area contributed by atoms with Crippen molar-refractivity contribution in [2.45, 2.75) is 19.4 Å². The van der Waals surface area contributed by atoms with Gasteiger partial charge in [0.1, 0.15) is 5.82 Å². The van der Waals surface area contributed by atoms with Crippen molar-refractivity contribution in [3.63, 3.8) is 0 Å². The topological polar surface area (TPSA) is 68.0 Å². The molecular weight excluding hydrogens is 436 g/mol. The Morgan fingerprint density at radius 3 is 2.66 bits per heavy atom. The van der Waals surface area contributed by atoms with Crippen molar-refractivity contribution in [3.05, 3.63) is 64.6 Å². The van der Waals surface area contributed by atoms with E-state index in [1.807, 2.05) is 29.3 Å². The molecule has 0 atom stereocenters. The highest BCUT2D eigenvalue weighted by molar-refractivity contribution is 6.31. The van der Waals surface area contributed by atoms with Gasteiger partial charge < -0.3 is 14.9 Å². The summed E-state index contributed by atoms with van der Waals surface area (Å²) in [7, 11) is 0. The third kappa shape index (κ3) is 4.20. The summed E-state index contributed by atoms with van der Waals surface area (Å²) < 4.78 is 26.7. The Morgan fingerprint density at radius 2 is 1.84 bits per heavy atom. The molecule has 0 saturated carbocycles. The van der Waals surface area contributed by atoms with Crippen molar-refractivity contribution in [2.24, 2.45) is 0 Å². The second kappa shape index (κ2) is 8.52. The number of hydrogen-bond donors (Lipinski definition) is 2. The summed E-state index contributed by atoms with van der Waals surface area (Å²) >= 11 is 6.14. The van der Waals surface area contributed by atoms with E-state index in [1.165, 1.54) is 5.56 Å². The lowest BCUT2D eigenvalue weighted by Crippen LogP contribution is -2.48. The number of amides is 1. The van der Waals surface area contributed by atoms with Crippen LogP contribution < -0.4 is 0 Å². The summed E-state index contributed by atoms with van der Waals surface area (Å²) in [6, 6.07) is 7.98. The summed E-state index contributed by atoms with van der Waals surface area (Å²) in [6.45, 7) is 3.72. The van der Waals surface area contributed by atoms with Gasteiger partial charge in [0.05, 0.1) is 11.0 Å². The maximum Gasteiger partial charge on any atom is 0.223 e. The molecule has 1 amide bonds. The third-order valence-corrected chi connectivity index (χ3v) is 6.23. The highest BCUT2D eigenvalue weighted by Gasteiger charge is 2.22. The Kier molecular flexibility index (Phi) is 5.57. The van der Waals surface area contributed by atoms with Gasteiger partial charge in [-0.1, -0.05) is 11.6 Å². The highest BCUT2D eigenvalue weighted by Crippen LogP contribution is 2.24. The van der Waals surface area contributed by atoms with Crippen LogP contribution in [-0.2, 0) is 17.8 Å². The van der Waals surface area contributed by atoms with Crippen molar-refractivity contribution >= 4 is 39.4 Å². The van der Waals surface area contributed by atoms with Gasteiger partial charge in [-0.15, -0.1) is 0 Å². The molecule has 1 fully saturated rings. The quantitative estimate of drug-likeness (QED) is 0.470. The first kappa shape index (κ1) is 20.9. The number of nitrogens with one attached hydrogen (secondary N) is 2. The zero-order valence-electron chi connectivity index (χ0n) is 17.3. The van der Waals surface area contributed by atoms with Crippen LogP contribution in [0.1, 0.15) is 17.8 Å². The number of carbonyl (C=O) groups excluding carboxylic acids is 1. The molecular formula is C23H22ClF2N5O. The maximum absolute atomic E-state index is 13.4. The fourth-order valence-corrected chi connectivity index (χ4v) is 4.41. The molecule has 166 valence electrons. The minimum Gasteiger partial charge on any atom is -0.361 e. The number of halogens is 3. The SMILES string of the molecule is O=C(CCc1nc2cc(F)c(F)cc2[nH]1)N1CCN(Cc2c[nH]c3ccc(Cl)cc23)CC1. The molecule has 0 radical (unpaired) electrons. The van der Waals surface area contributed by atoms with E-state index in [1.54, 1.807) is 0 Å². The monoisotopic (exact) mass is 457 g/mol. The van der Waals surface area contributed by atoms with Gasteiger partial charge in [-0.3, -0.25) is 9.69 Å². The lowest BCUT2D eigenvalue weighted by Gasteiger charge is -2.34. The lowest BCUT2D eigenvalue weighted by molar-refractivity contribution is -0.133. The Labute approximate surface area is 188 Å². The summed E-state index contributed by atoms with van der Waals surface area (Å²) in [4.78, 5) is 27.4. The van der Waals surface area contributed by atoms with Gasteiger partial charge in [0.15, 0.2) is 11.6 Å². The average Bonchev–Trinajstić information content (AvgIpc) is 3.36. The second-order valence-electron chi connectivity index (χ2n) is 8.13. The van der Waals surface area contributed by atoms with E-state index < -0.39 is 11.6 Å². The molecule has 3 heterocycles. The summed E-state index contributed by atoms with van der Waals surface area (Å²) in [5.41, 5.74) is 3.05. The highest BCUT2D eigenvalue weighted by atomic mass is 35.5. The normalized spacial score (nSPS) is 15.2. The molecule has 9 heteroatoms. The number of aromatic amines is 2. The predicted octanol–water partition coefficient (Wildman–Crippen LogP) is 4.25. The Bertz CT molecular complexity index is 1250. The van der Waals surface area contributed by atoms with E-state index in [0.29, 0.717) is 47.8 Å². The fraction of sp³-hybridized carbons (Fsp3) is 0.304. The number of hydrogen-bond acceptors (Lipinski definition) is 3. The lowest BCUT2D eigenvalue weighted by atomic mass is 10.1. The van der Waals surface area contributed by atoms with Crippen molar-refractivity contribution < 1.29 is 13.6 Å². The summed E-state index contributed by atoms with van der Waals surface area (Å²) in [5.74, 6) is -1.24. The van der Waals surface area contributed by atoms with Gasteiger partial charge in [-0.05, 0) is 23.8 Å². The zero-order valence-corrected chi connectivity index (χ0v) is 18.1. The number of benzene rings is 2. The van der Waals surface area contributed by atoms with E-state index >= 15 is 0 Å². The van der Waals surface area contributed by atoms with Crippen molar-refractivity contribution in [2.75, 3.05) is 26.2 Å². The molecule has 6 nitrogen and oxygen atoms in total. The van der Waals surface area contributed by atoms with E-state index in [0.717, 1.165) is 42.7 Å². The van der Waals surface area contributed by atoms with Crippen LogP contribution in [0.25, 0.3) is 21.9 Å². The molecule has 5 rings (SSSR count). The van der Waals surface area contributed by atoms with E-state index in [2.05, 4.69) is 19.9 Å². The van der Waals surface area contributed by atoms with Crippen molar-refractivity contribution in [3.8, 4) is 0 Å². The predicted molar refractivity (Wildman–Crippen MR) is 119 cm³/mol. The number of fused-ring (bicyclic) bond motifs is 2. The largest absolute Gasteiger partial charge is 0.361 e. The van der Waals surface area contributed by atoms with Crippen molar-refractivity contribution in [1.82, 2.24) is 24.8 Å². The number of H-pyrrole nitrogens is 2. The molecule has 1 aliphatic heterocycles. The second-order valence-corrected chi connectivity index (χ2v) is 8.56. The van der Waals surface area contributed by atoms with Gasteiger partial charge in [0, 0.05) is 79.8 Å². The van der Waals surface area contributed by atoms with Crippen LogP contribution in [-0.4, -0.2) is 56.8 Å². The molecule has 0 unspecified atom stereocenters. The number of aryl methyl sites for hydroxylation is 1. The molecule has 32 heavy (non-hydrogen) atoms. The smallest absolute Gasteiger partial charge is 0.223 e. The van der Waals surface area contributed by atoms with Gasteiger partial charge >= 0.3 is 0 Å². The Morgan fingerprint density at radius 1 is 1.06 bits per heavy atom. The van der Waals surface area contributed by atoms with Crippen LogP contribution in [0.5, 0.6) is 0 Å². The van der Waals surface area contributed by atoms with Crippen LogP contribution in [0.4, 0.5) is 8.78 Å². The molecule has 1 saturated heterocycles. The molecule has 2 N–H and O–H groups in total. The number of nitrogens with zero attached hydrogens (tertiary/aromatic N) is 3. The van der Waals surface area contributed by atoms with Crippen LogP contribution in [0.15, 0.2) is 36.5 Å². The first-order chi connectivity index (χ1) is 15.5. The van der Waals surface area contributed by atoms with Gasteiger partial charge in [0.2, 0.25) is 5.91 Å². The van der Waals surface area contributed by atoms with Crippen LogP contribution >= 0.6 is 11.6 Å². The first-order valence-electron chi connectivity index (χ1n) is 10.6. The fourth-order valence-electron chi connectivity index (χ4n) is 4.24. The molecule has 4 aromatic rings. The summed E-state index contributed by atoms with van der Waals surface area (Å²) in [6.07, 6.45) is 2.71. The molecule has 0 aliphatic carbocycles. The molecule has 1 aliphatic rings. The van der Waals surface area contributed by atoms with Crippen molar-refractivity contribution in [1.29, 1.82) is 0 Å². The first-order valence-corrected chi connectivity index (χ1v) is 10.9. The average molecular weight is 458 g/mol. The minimum atomic E-state index is -0.930. The third-order valence-electron chi connectivity index (χ3n) is 6.00. The van der Waals surface area contributed by atoms with Gasteiger partial charge in [-0.25, -0.2) is 13.8 Å².